The first-order valence-electron chi connectivity index (χ1n) is 13.5. The van der Waals surface area contributed by atoms with E-state index in [-0.39, 0.29) is 24.0 Å². The summed E-state index contributed by atoms with van der Waals surface area (Å²) in [6.45, 7) is 1.25. The molecular weight excluding hydrogens is 536 g/mol. The van der Waals surface area contributed by atoms with E-state index < -0.39 is 76.0 Å². The molecule has 3 fully saturated rings. The van der Waals surface area contributed by atoms with Crippen LogP contribution in [0.2, 0.25) is 0 Å². The Labute approximate surface area is 236 Å². The number of rotatable bonds is 4. The average Bonchev–Trinajstić information content (AvgIpc) is 2.90. The van der Waals surface area contributed by atoms with E-state index in [4.69, 9.17) is 10.5 Å². The van der Waals surface area contributed by atoms with Gasteiger partial charge in [0.2, 0.25) is 5.91 Å². The van der Waals surface area contributed by atoms with Crippen LogP contribution in [0.3, 0.4) is 0 Å². The zero-order valence-corrected chi connectivity index (χ0v) is 23.4. The first kappa shape index (κ1) is 28.8. The number of fused-ring (bicyclic) bond motifs is 3. The molecule has 2 saturated carbocycles. The second-order valence-electron chi connectivity index (χ2n) is 11.7. The number of amides is 2. The fourth-order valence-corrected chi connectivity index (χ4v) is 7.15. The van der Waals surface area contributed by atoms with Crippen molar-refractivity contribution in [2.75, 3.05) is 59.4 Å². The molecule has 1 aromatic carbocycles. The summed E-state index contributed by atoms with van der Waals surface area (Å²) in [4.78, 5) is 85.0. The molecular formula is C28H34N4O9. The Morgan fingerprint density at radius 3 is 2.27 bits per heavy atom. The van der Waals surface area contributed by atoms with Crippen molar-refractivity contribution in [2.45, 2.75) is 24.5 Å². The van der Waals surface area contributed by atoms with Crippen LogP contribution in [0.25, 0.3) is 0 Å². The van der Waals surface area contributed by atoms with Crippen molar-refractivity contribution in [2.24, 2.45) is 29.4 Å². The fourth-order valence-electron chi connectivity index (χ4n) is 7.15. The summed E-state index contributed by atoms with van der Waals surface area (Å²) in [5, 5.41) is 23.1. The van der Waals surface area contributed by atoms with E-state index >= 15 is 0 Å². The van der Waals surface area contributed by atoms with Gasteiger partial charge in [-0.05, 0) is 44.5 Å². The highest BCUT2D eigenvalue weighted by atomic mass is 16.5. The van der Waals surface area contributed by atoms with Gasteiger partial charge in [0.25, 0.3) is 5.91 Å². The summed E-state index contributed by atoms with van der Waals surface area (Å²) >= 11 is 0. The van der Waals surface area contributed by atoms with Crippen molar-refractivity contribution in [1.29, 1.82) is 0 Å². The van der Waals surface area contributed by atoms with Crippen molar-refractivity contribution in [1.82, 2.24) is 9.80 Å². The minimum Gasteiger partial charge on any atom is -0.506 e. The molecule has 4 aliphatic rings. The molecule has 3 aliphatic carbocycles. The molecule has 2 amide bonds. The topological polar surface area (TPSA) is 188 Å². The highest BCUT2D eigenvalue weighted by Crippen LogP contribution is 2.52. The average molecular weight is 571 g/mol. The zero-order chi connectivity index (χ0) is 30.1. The summed E-state index contributed by atoms with van der Waals surface area (Å²) in [6, 6.07) is 0.348. The van der Waals surface area contributed by atoms with Gasteiger partial charge in [-0.2, -0.15) is 0 Å². The number of ketones is 4. The summed E-state index contributed by atoms with van der Waals surface area (Å²) < 4.78 is 5.31. The lowest BCUT2D eigenvalue weighted by Crippen LogP contribution is -2.74. The summed E-state index contributed by atoms with van der Waals surface area (Å²) in [5.74, 6) is -11.9. The summed E-state index contributed by atoms with van der Waals surface area (Å²) in [6.07, 6.45) is 0.0604. The maximum Gasteiger partial charge on any atom is 0.257 e. The minimum atomic E-state index is -2.81. The van der Waals surface area contributed by atoms with E-state index in [1.165, 1.54) is 30.0 Å². The number of primary amides is 1. The molecule has 41 heavy (non-hydrogen) atoms. The number of phenols is 1. The molecule has 13 nitrogen and oxygen atoms in total. The summed E-state index contributed by atoms with van der Waals surface area (Å²) in [7, 11) is 6.51. The predicted octanol–water partition coefficient (Wildman–Crippen LogP) is -1.59. The Bertz CT molecular complexity index is 1380. The number of anilines is 1. The van der Waals surface area contributed by atoms with Crippen molar-refractivity contribution in [3.05, 3.63) is 22.8 Å². The molecule has 13 heteroatoms. The van der Waals surface area contributed by atoms with Crippen molar-refractivity contribution in [3.63, 3.8) is 0 Å². The number of aromatic hydroxyl groups is 1. The first-order chi connectivity index (χ1) is 19.2. The molecule has 0 aromatic heterocycles. The van der Waals surface area contributed by atoms with Gasteiger partial charge in [0.05, 0.1) is 36.3 Å². The molecule has 4 N–H and O–H groups in total. The van der Waals surface area contributed by atoms with Crippen molar-refractivity contribution < 1.29 is 43.7 Å². The highest BCUT2D eigenvalue weighted by molar-refractivity contribution is 6.32. The molecule has 2 unspecified atom stereocenters. The largest absolute Gasteiger partial charge is 0.506 e. The second kappa shape index (κ2) is 10.00. The lowest BCUT2D eigenvalue weighted by molar-refractivity contribution is -0.181. The monoisotopic (exact) mass is 570 g/mol. The van der Waals surface area contributed by atoms with E-state index in [0.717, 1.165) is 0 Å². The number of carbonyl (C=O) groups excluding carboxylic acids is 6. The Kier molecular flexibility index (Phi) is 7.03. The molecule has 0 bridgehead atoms. The fraction of sp³-hybridized carbons (Fsp3) is 0.571. The normalized spacial score (nSPS) is 31.5. The predicted molar refractivity (Wildman–Crippen MR) is 142 cm³/mol. The third kappa shape index (κ3) is 4.09. The third-order valence-electron chi connectivity index (χ3n) is 9.05. The van der Waals surface area contributed by atoms with Gasteiger partial charge in [0, 0.05) is 38.8 Å². The van der Waals surface area contributed by atoms with Gasteiger partial charge in [-0.1, -0.05) is 0 Å². The van der Waals surface area contributed by atoms with Gasteiger partial charge in [-0.3, -0.25) is 33.7 Å². The van der Waals surface area contributed by atoms with Gasteiger partial charge < -0.3 is 30.5 Å². The molecule has 1 heterocycles. The molecule has 220 valence electrons. The first-order valence-corrected chi connectivity index (χ1v) is 13.5. The number of hydrogen-bond donors (Lipinski definition) is 3. The molecule has 6 atom stereocenters. The van der Waals surface area contributed by atoms with E-state index in [1.807, 2.05) is 0 Å². The van der Waals surface area contributed by atoms with E-state index in [2.05, 4.69) is 0 Å². The number of carbonyl (C=O) groups is 6. The van der Waals surface area contributed by atoms with Crippen LogP contribution in [-0.2, 0) is 30.3 Å². The number of morpholine rings is 1. The van der Waals surface area contributed by atoms with E-state index in [0.29, 0.717) is 37.6 Å². The molecule has 1 aliphatic heterocycles. The minimum absolute atomic E-state index is 0.0496. The highest BCUT2D eigenvalue weighted by Gasteiger charge is 2.69. The molecule has 1 aromatic rings. The lowest BCUT2D eigenvalue weighted by Gasteiger charge is -2.52. The summed E-state index contributed by atoms with van der Waals surface area (Å²) in [5.41, 5.74) is 3.17. The number of likely N-dealkylation sites (N-methyl/N-ethyl adjacent to an activating group) is 1. The zero-order valence-electron chi connectivity index (χ0n) is 23.4. The Morgan fingerprint density at radius 2 is 1.71 bits per heavy atom. The van der Waals surface area contributed by atoms with Gasteiger partial charge in [-0.15, -0.1) is 0 Å². The quantitative estimate of drug-likeness (QED) is 0.354. The molecule has 1 saturated heterocycles. The number of benzene rings is 1. The van der Waals surface area contributed by atoms with Crippen LogP contribution in [0.5, 0.6) is 5.75 Å². The van der Waals surface area contributed by atoms with Gasteiger partial charge in [0.1, 0.15) is 5.75 Å². The van der Waals surface area contributed by atoms with Crippen LogP contribution in [0.1, 0.15) is 32.7 Å². The van der Waals surface area contributed by atoms with Crippen molar-refractivity contribution in [3.8, 4) is 5.75 Å². The van der Waals surface area contributed by atoms with Crippen LogP contribution in [0.4, 0.5) is 5.69 Å². The van der Waals surface area contributed by atoms with Crippen molar-refractivity contribution >= 4 is 40.6 Å². The number of aliphatic hydroxyl groups is 1. The van der Waals surface area contributed by atoms with Crippen LogP contribution in [0.15, 0.2) is 6.07 Å². The standard InChI is InChI=1S/C28H34N4O9/c1-30(2)16-11-14(27(39)32-5-7-41-8-6-32)21(33)18-13(16)9-12-10-15-20(31(3)4)23(35)19(26(29)38)25(37)28(15,40)24(36)17(12)22(18)34/h11-12,15,17,19-20,33,40H,5-10H2,1-4H3,(H2,29,38)/t12-,15-,17?,19?,20-,28-/m0/s1. The Hall–Kier alpha value is -3.68. The number of phenolic OH excluding ortho intramolecular Hbond substituents is 1. The van der Waals surface area contributed by atoms with Crippen LogP contribution in [0, 0.1) is 23.7 Å². The molecule has 5 rings (SSSR count). The van der Waals surface area contributed by atoms with Crippen LogP contribution < -0.4 is 10.6 Å². The maximum atomic E-state index is 14.1. The number of nitrogens with two attached hydrogens (primary N) is 1. The number of nitrogens with zero attached hydrogens (tertiary/aromatic N) is 3. The Balaban J connectivity index is 1.64. The van der Waals surface area contributed by atoms with Gasteiger partial charge >= 0.3 is 0 Å². The lowest BCUT2D eigenvalue weighted by atomic mass is 9.52. The second-order valence-corrected chi connectivity index (χ2v) is 11.7. The number of Topliss-reactive ketones (excluding diaryl/α,β-unsaturated/α-hetero) is 4. The SMILES string of the molecule is CN(C)c1cc(C(=O)N2CCOCC2)c(O)c2c1C[C@H]1C[C@H]3[C@H](N(C)C)C(=O)C(C(N)=O)C(=O)[C@@]3(O)C(=O)C1C2=O. The van der Waals surface area contributed by atoms with Gasteiger partial charge in [-0.25, -0.2) is 0 Å². The third-order valence-corrected chi connectivity index (χ3v) is 9.05. The number of ether oxygens (including phenoxy) is 1. The van der Waals surface area contributed by atoms with Crippen LogP contribution in [-0.4, -0.2) is 121 Å². The molecule has 0 radical (unpaired) electrons. The molecule has 0 spiro atoms. The Morgan fingerprint density at radius 1 is 1.07 bits per heavy atom. The van der Waals surface area contributed by atoms with E-state index in [1.54, 1.807) is 19.0 Å². The number of hydrogen-bond acceptors (Lipinski definition) is 11. The van der Waals surface area contributed by atoms with E-state index in [9.17, 15) is 39.0 Å². The smallest absolute Gasteiger partial charge is 0.257 e. The van der Waals surface area contributed by atoms with Crippen LogP contribution >= 0.6 is 0 Å². The van der Waals surface area contributed by atoms with Gasteiger partial charge in [0.15, 0.2) is 34.7 Å². The maximum absolute atomic E-state index is 14.1.